The fraction of sp³-hybridized carbons (Fsp3) is 0.600. The number of halogens is 4. The van der Waals surface area contributed by atoms with Gasteiger partial charge in [0.05, 0.1) is 24.9 Å². The highest BCUT2D eigenvalue weighted by Gasteiger charge is 2.39. The molecule has 2 fully saturated rings. The maximum absolute atomic E-state index is 13.0. The lowest BCUT2D eigenvalue weighted by Gasteiger charge is -2.17. The summed E-state index contributed by atoms with van der Waals surface area (Å²) in [6.45, 7) is 0. The molecule has 1 aromatic rings. The lowest BCUT2D eigenvalue weighted by Crippen LogP contribution is -2.42. The van der Waals surface area contributed by atoms with E-state index in [4.69, 9.17) is 0 Å². The first kappa shape index (κ1) is 20.6. The van der Waals surface area contributed by atoms with Crippen molar-refractivity contribution in [2.45, 2.75) is 63.5 Å². The molecule has 2 aliphatic carbocycles. The zero-order chi connectivity index (χ0) is 20.3. The maximum atomic E-state index is 13.0. The number of alkyl halides is 4. The Morgan fingerprint density at radius 1 is 0.750 bits per heavy atom. The van der Waals surface area contributed by atoms with Crippen molar-refractivity contribution in [2.75, 3.05) is 0 Å². The molecule has 2 unspecified atom stereocenters. The van der Waals surface area contributed by atoms with Gasteiger partial charge >= 0.3 is 0 Å². The first-order valence-corrected chi connectivity index (χ1v) is 9.56. The normalized spacial score (nSPS) is 18.8. The highest BCUT2D eigenvalue weighted by Crippen LogP contribution is 2.36. The molecule has 0 aromatic heterocycles. The van der Waals surface area contributed by atoms with E-state index in [0.29, 0.717) is 36.8 Å². The SMILES string of the molecule is O=C(Cc1ccc(CC(=O)NC(C(F)F)C2CC2)cc1)NC(C(F)F)C1CC1. The van der Waals surface area contributed by atoms with Crippen molar-refractivity contribution >= 4 is 11.8 Å². The minimum atomic E-state index is -2.58. The van der Waals surface area contributed by atoms with E-state index in [2.05, 4.69) is 10.6 Å². The van der Waals surface area contributed by atoms with E-state index >= 15 is 0 Å². The number of benzene rings is 1. The van der Waals surface area contributed by atoms with E-state index in [-0.39, 0.29) is 24.7 Å². The molecular formula is C20H24F4N2O2. The van der Waals surface area contributed by atoms with Gasteiger partial charge in [-0.05, 0) is 48.6 Å². The van der Waals surface area contributed by atoms with Crippen LogP contribution in [0.2, 0.25) is 0 Å². The Labute approximate surface area is 161 Å². The quantitative estimate of drug-likeness (QED) is 0.593. The molecule has 0 saturated heterocycles. The van der Waals surface area contributed by atoms with Gasteiger partial charge in [-0.25, -0.2) is 17.6 Å². The Morgan fingerprint density at radius 3 is 1.32 bits per heavy atom. The third-order valence-electron chi connectivity index (χ3n) is 5.21. The molecule has 28 heavy (non-hydrogen) atoms. The molecule has 0 spiro atoms. The van der Waals surface area contributed by atoms with Crippen LogP contribution in [0.1, 0.15) is 36.8 Å². The van der Waals surface area contributed by atoms with Gasteiger partial charge in [-0.1, -0.05) is 24.3 Å². The molecule has 1 aromatic carbocycles. The summed E-state index contributed by atoms with van der Waals surface area (Å²) in [5.74, 6) is -1.21. The van der Waals surface area contributed by atoms with Crippen molar-refractivity contribution in [1.29, 1.82) is 0 Å². The van der Waals surface area contributed by atoms with Crippen LogP contribution >= 0.6 is 0 Å². The predicted octanol–water partition coefficient (Wildman–Crippen LogP) is 3.09. The number of carbonyl (C=O) groups excluding carboxylic acids is 2. The number of nitrogens with one attached hydrogen (secondary N) is 2. The largest absolute Gasteiger partial charge is 0.347 e. The number of rotatable bonds is 10. The predicted molar refractivity (Wildman–Crippen MR) is 95.2 cm³/mol. The Bertz CT molecular complexity index is 625. The van der Waals surface area contributed by atoms with Crippen molar-refractivity contribution in [3.05, 3.63) is 35.4 Å². The van der Waals surface area contributed by atoms with E-state index < -0.39 is 36.7 Å². The van der Waals surface area contributed by atoms with Crippen molar-refractivity contribution in [3.63, 3.8) is 0 Å². The van der Waals surface area contributed by atoms with Crippen LogP contribution in [0.5, 0.6) is 0 Å². The molecule has 2 saturated carbocycles. The molecule has 2 atom stereocenters. The molecule has 2 N–H and O–H groups in total. The molecule has 2 aliphatic rings. The molecule has 2 amide bonds. The Hall–Kier alpha value is -2.12. The van der Waals surface area contributed by atoms with Gasteiger partial charge in [0, 0.05) is 0 Å². The second kappa shape index (κ2) is 8.92. The van der Waals surface area contributed by atoms with Crippen molar-refractivity contribution in [2.24, 2.45) is 11.8 Å². The van der Waals surface area contributed by atoms with Crippen LogP contribution in [0.3, 0.4) is 0 Å². The topological polar surface area (TPSA) is 58.2 Å². The van der Waals surface area contributed by atoms with E-state index in [9.17, 15) is 27.2 Å². The van der Waals surface area contributed by atoms with Crippen molar-refractivity contribution in [3.8, 4) is 0 Å². The van der Waals surface area contributed by atoms with E-state index in [1.165, 1.54) is 0 Å². The molecule has 0 radical (unpaired) electrons. The Morgan fingerprint density at radius 2 is 1.07 bits per heavy atom. The average molecular weight is 400 g/mol. The standard InChI is InChI=1S/C20H24F4N2O2/c21-19(22)17(13-5-6-13)25-15(27)9-11-1-2-12(4-3-11)10-16(28)26-18(20(23)24)14-7-8-14/h1-4,13-14,17-20H,5-10H2,(H,25,27)(H,26,28). The minimum absolute atomic E-state index is 0.0302. The van der Waals surface area contributed by atoms with Crippen LogP contribution in [0, 0.1) is 11.8 Å². The Balaban J connectivity index is 1.47. The first-order valence-electron chi connectivity index (χ1n) is 9.56. The second-order valence-electron chi connectivity index (χ2n) is 7.70. The molecule has 154 valence electrons. The highest BCUT2D eigenvalue weighted by molar-refractivity contribution is 5.80. The summed E-state index contributed by atoms with van der Waals surface area (Å²) in [7, 11) is 0. The van der Waals surface area contributed by atoms with Gasteiger partial charge in [-0.2, -0.15) is 0 Å². The summed E-state index contributed by atoms with van der Waals surface area (Å²) < 4.78 is 51.8. The molecule has 0 bridgehead atoms. The minimum Gasteiger partial charge on any atom is -0.347 e. The fourth-order valence-electron chi connectivity index (χ4n) is 3.30. The highest BCUT2D eigenvalue weighted by atomic mass is 19.3. The molecular weight excluding hydrogens is 376 g/mol. The molecule has 0 heterocycles. The van der Waals surface area contributed by atoms with Gasteiger partial charge < -0.3 is 10.6 Å². The van der Waals surface area contributed by atoms with E-state index in [0.717, 1.165) is 0 Å². The van der Waals surface area contributed by atoms with Crippen molar-refractivity contribution < 1.29 is 27.2 Å². The summed E-state index contributed by atoms with van der Waals surface area (Å²) >= 11 is 0. The average Bonchev–Trinajstić information content (AvgIpc) is 3.52. The smallest absolute Gasteiger partial charge is 0.258 e. The van der Waals surface area contributed by atoms with Gasteiger partial charge in [-0.15, -0.1) is 0 Å². The summed E-state index contributed by atoms with van der Waals surface area (Å²) in [6, 6.07) is 4.38. The van der Waals surface area contributed by atoms with Crippen LogP contribution < -0.4 is 10.6 Å². The van der Waals surface area contributed by atoms with E-state index in [1.54, 1.807) is 24.3 Å². The van der Waals surface area contributed by atoms with Gasteiger partial charge in [-0.3, -0.25) is 9.59 Å². The number of amides is 2. The third-order valence-corrected chi connectivity index (χ3v) is 5.21. The summed E-state index contributed by atoms with van der Waals surface area (Å²) in [5.41, 5.74) is 1.27. The van der Waals surface area contributed by atoms with Gasteiger partial charge in [0.2, 0.25) is 11.8 Å². The summed E-state index contributed by atoms with van der Waals surface area (Å²) in [4.78, 5) is 24.0. The molecule has 4 nitrogen and oxygen atoms in total. The zero-order valence-electron chi connectivity index (χ0n) is 15.3. The lowest BCUT2D eigenvalue weighted by atomic mass is 10.1. The van der Waals surface area contributed by atoms with Crippen molar-refractivity contribution in [1.82, 2.24) is 10.6 Å². The second-order valence-corrected chi connectivity index (χ2v) is 7.70. The molecule has 8 heteroatoms. The van der Waals surface area contributed by atoms with Gasteiger partial charge in [0.25, 0.3) is 12.9 Å². The number of hydrogen-bond acceptors (Lipinski definition) is 2. The molecule has 3 rings (SSSR count). The van der Waals surface area contributed by atoms with Gasteiger partial charge in [0.1, 0.15) is 0 Å². The zero-order valence-corrected chi connectivity index (χ0v) is 15.3. The first-order chi connectivity index (χ1) is 13.3. The third kappa shape index (κ3) is 5.94. The van der Waals surface area contributed by atoms with Crippen LogP contribution in [0.4, 0.5) is 17.6 Å². The van der Waals surface area contributed by atoms with Crippen LogP contribution in [-0.2, 0) is 22.4 Å². The van der Waals surface area contributed by atoms with Crippen LogP contribution in [0.15, 0.2) is 24.3 Å². The molecule has 0 aliphatic heterocycles. The lowest BCUT2D eigenvalue weighted by molar-refractivity contribution is -0.123. The summed E-state index contributed by atoms with van der Waals surface area (Å²) in [5, 5.41) is 4.80. The number of hydrogen-bond donors (Lipinski definition) is 2. The monoisotopic (exact) mass is 400 g/mol. The van der Waals surface area contributed by atoms with E-state index in [1.807, 2.05) is 0 Å². The fourth-order valence-corrected chi connectivity index (χ4v) is 3.30. The van der Waals surface area contributed by atoms with Gasteiger partial charge in [0.15, 0.2) is 0 Å². The Kier molecular flexibility index (Phi) is 6.57. The number of carbonyl (C=O) groups is 2. The van der Waals surface area contributed by atoms with Crippen LogP contribution in [-0.4, -0.2) is 36.7 Å². The van der Waals surface area contributed by atoms with Crippen LogP contribution in [0.25, 0.3) is 0 Å². The maximum Gasteiger partial charge on any atom is 0.258 e. The summed E-state index contributed by atoms with van der Waals surface area (Å²) in [6.07, 6.45) is -2.39.